The Morgan fingerprint density at radius 1 is 1.27 bits per heavy atom. The first-order valence-electron chi connectivity index (χ1n) is 7.05. The summed E-state index contributed by atoms with van der Waals surface area (Å²) in [6.07, 6.45) is -5.75. The van der Waals surface area contributed by atoms with Gasteiger partial charge in [-0.3, -0.25) is 14.9 Å². The number of anilines is 1. The molecule has 140 valence electrons. The van der Waals surface area contributed by atoms with Crippen LogP contribution in [0, 0.1) is 6.92 Å². The molecule has 0 fully saturated rings. The second kappa shape index (κ2) is 7.83. The van der Waals surface area contributed by atoms with Gasteiger partial charge in [-0.1, -0.05) is 0 Å². The molecule has 0 aliphatic rings. The fraction of sp³-hybridized carbons (Fsp3) is 0.286. The number of alkyl halides is 3. The second-order valence-corrected chi connectivity index (χ2v) is 6.82. The lowest BCUT2D eigenvalue weighted by Gasteiger charge is -2.08. The van der Waals surface area contributed by atoms with Crippen LogP contribution in [0.1, 0.15) is 37.7 Å². The summed E-state index contributed by atoms with van der Waals surface area (Å²) in [6.45, 7) is 2.95. The summed E-state index contributed by atoms with van der Waals surface area (Å²) < 4.78 is 43.5. The molecule has 0 aliphatic carbocycles. The number of imide groups is 1. The van der Waals surface area contributed by atoms with Gasteiger partial charge in [-0.2, -0.15) is 13.2 Å². The molecule has 2 aromatic rings. The van der Waals surface area contributed by atoms with Crippen molar-refractivity contribution in [2.45, 2.75) is 20.0 Å². The Labute approximate surface area is 153 Å². The number of hydrogen-bond acceptors (Lipinski definition) is 7. The maximum absolute atomic E-state index is 13.0. The highest BCUT2D eigenvalue weighted by Crippen LogP contribution is 2.35. The van der Waals surface area contributed by atoms with E-state index in [2.05, 4.69) is 15.0 Å². The number of amides is 3. The molecule has 3 amide bonds. The average Bonchev–Trinajstić information content (AvgIpc) is 3.13. The molecule has 0 aliphatic heterocycles. The minimum atomic E-state index is -4.78. The molecule has 0 saturated heterocycles. The molecule has 0 saturated carbocycles. The number of aromatic nitrogens is 1. The zero-order valence-corrected chi connectivity index (χ0v) is 15.0. The number of nitrogens with zero attached hydrogens (tertiary/aromatic N) is 1. The molecule has 2 heterocycles. The molecule has 12 heteroatoms. The topological polar surface area (TPSA) is 97.4 Å². The number of aryl methyl sites for hydroxylation is 1. The predicted octanol–water partition coefficient (Wildman–Crippen LogP) is 3.67. The van der Waals surface area contributed by atoms with Gasteiger partial charge in [-0.05, 0) is 25.3 Å². The monoisotopic (exact) mass is 407 g/mol. The van der Waals surface area contributed by atoms with Gasteiger partial charge in [0.05, 0.1) is 17.2 Å². The van der Waals surface area contributed by atoms with Gasteiger partial charge in [0.2, 0.25) is 0 Å². The van der Waals surface area contributed by atoms with Crippen molar-refractivity contribution >= 4 is 45.6 Å². The Morgan fingerprint density at radius 3 is 2.58 bits per heavy atom. The Kier molecular flexibility index (Phi) is 5.97. The normalized spacial score (nSPS) is 11.1. The van der Waals surface area contributed by atoms with Crippen molar-refractivity contribution in [1.29, 1.82) is 0 Å². The van der Waals surface area contributed by atoms with Crippen LogP contribution >= 0.6 is 22.7 Å². The molecular formula is C14H12F3N3O4S2. The standard InChI is InChI=1S/C14H12F3N3O4S2/c1-3-24-13(23)20-10(21)7-4-5-25-12(7)19-11(22)8-9(14(15,16)17)18-6(2)26-8/h4-5H,3H2,1-2H3,(H,19,22)(H,20,21,23). The number of halogens is 3. The molecule has 26 heavy (non-hydrogen) atoms. The molecule has 0 unspecified atom stereocenters. The molecule has 0 bridgehead atoms. The number of ether oxygens (including phenoxy) is 1. The predicted molar refractivity (Wildman–Crippen MR) is 88.6 cm³/mol. The first-order valence-corrected chi connectivity index (χ1v) is 8.74. The summed E-state index contributed by atoms with van der Waals surface area (Å²) in [5, 5.41) is 5.71. The highest BCUT2D eigenvalue weighted by Gasteiger charge is 2.39. The van der Waals surface area contributed by atoms with E-state index < -0.39 is 34.7 Å². The third-order valence-corrected chi connectivity index (χ3v) is 4.64. The van der Waals surface area contributed by atoms with E-state index in [1.807, 2.05) is 5.32 Å². The molecular weight excluding hydrogens is 395 g/mol. The number of hydrogen-bond donors (Lipinski definition) is 2. The van der Waals surface area contributed by atoms with Gasteiger partial charge in [0, 0.05) is 0 Å². The lowest BCUT2D eigenvalue weighted by atomic mass is 10.3. The first-order chi connectivity index (χ1) is 12.1. The number of nitrogens with one attached hydrogen (secondary N) is 2. The molecule has 0 radical (unpaired) electrons. The van der Waals surface area contributed by atoms with Crippen LogP contribution in [-0.4, -0.2) is 29.5 Å². The van der Waals surface area contributed by atoms with Crippen molar-refractivity contribution in [3.63, 3.8) is 0 Å². The maximum atomic E-state index is 13.0. The van der Waals surface area contributed by atoms with Gasteiger partial charge < -0.3 is 10.1 Å². The molecule has 2 aromatic heterocycles. The Hall–Kier alpha value is -2.47. The fourth-order valence-corrected chi connectivity index (χ4v) is 3.46. The summed E-state index contributed by atoms with van der Waals surface area (Å²) in [4.78, 5) is 38.3. The van der Waals surface area contributed by atoms with E-state index in [1.54, 1.807) is 6.92 Å². The van der Waals surface area contributed by atoms with E-state index in [1.165, 1.54) is 18.4 Å². The van der Waals surface area contributed by atoms with Gasteiger partial charge in [-0.15, -0.1) is 22.7 Å². The van der Waals surface area contributed by atoms with Crippen LogP contribution in [0.4, 0.5) is 23.0 Å². The van der Waals surface area contributed by atoms with Gasteiger partial charge in [0.25, 0.3) is 11.8 Å². The largest absolute Gasteiger partial charge is 0.450 e. The molecule has 7 nitrogen and oxygen atoms in total. The van der Waals surface area contributed by atoms with Crippen molar-refractivity contribution in [2.24, 2.45) is 0 Å². The van der Waals surface area contributed by atoms with Gasteiger partial charge >= 0.3 is 12.3 Å². The number of thiazole rings is 1. The minimum absolute atomic E-state index is 0.00373. The zero-order valence-electron chi connectivity index (χ0n) is 13.4. The highest BCUT2D eigenvalue weighted by atomic mass is 32.1. The molecule has 2 rings (SSSR count). The smallest absolute Gasteiger partial charge is 0.435 e. The van der Waals surface area contributed by atoms with Gasteiger partial charge in [-0.25, -0.2) is 9.78 Å². The Morgan fingerprint density at radius 2 is 1.96 bits per heavy atom. The van der Waals surface area contributed by atoms with E-state index in [9.17, 15) is 27.6 Å². The van der Waals surface area contributed by atoms with E-state index in [-0.39, 0.29) is 22.2 Å². The zero-order chi connectivity index (χ0) is 19.5. The van der Waals surface area contributed by atoms with Crippen LogP contribution in [0.2, 0.25) is 0 Å². The van der Waals surface area contributed by atoms with Crippen LogP contribution in [-0.2, 0) is 10.9 Å². The first kappa shape index (κ1) is 19.8. The number of thiophene rings is 1. The third kappa shape index (κ3) is 4.58. The quantitative estimate of drug-likeness (QED) is 0.806. The average molecular weight is 407 g/mol. The van der Waals surface area contributed by atoms with Crippen LogP contribution in [0.5, 0.6) is 0 Å². The van der Waals surface area contributed by atoms with E-state index in [0.717, 1.165) is 11.3 Å². The molecule has 0 spiro atoms. The van der Waals surface area contributed by atoms with Crippen molar-refractivity contribution in [3.05, 3.63) is 32.6 Å². The molecule has 0 atom stereocenters. The lowest BCUT2D eigenvalue weighted by Crippen LogP contribution is -2.31. The summed E-state index contributed by atoms with van der Waals surface area (Å²) in [5.74, 6) is -1.90. The summed E-state index contributed by atoms with van der Waals surface area (Å²) in [7, 11) is 0. The van der Waals surface area contributed by atoms with E-state index in [4.69, 9.17) is 0 Å². The summed E-state index contributed by atoms with van der Waals surface area (Å²) in [6, 6.07) is 1.32. The Bertz CT molecular complexity index is 845. The maximum Gasteiger partial charge on any atom is 0.435 e. The SMILES string of the molecule is CCOC(=O)NC(=O)c1ccsc1NC(=O)c1sc(C)nc1C(F)(F)F. The lowest BCUT2D eigenvalue weighted by molar-refractivity contribution is -0.141. The number of rotatable bonds is 4. The number of carbonyl (C=O) groups excluding carboxylic acids is 3. The minimum Gasteiger partial charge on any atom is -0.450 e. The number of alkyl carbamates (subject to hydrolysis) is 1. The fourth-order valence-electron chi connectivity index (χ4n) is 1.85. The molecule has 2 N–H and O–H groups in total. The van der Waals surface area contributed by atoms with E-state index in [0.29, 0.717) is 11.3 Å². The third-order valence-electron chi connectivity index (χ3n) is 2.84. The summed E-state index contributed by atoms with van der Waals surface area (Å²) >= 11 is 1.51. The van der Waals surface area contributed by atoms with E-state index >= 15 is 0 Å². The van der Waals surface area contributed by atoms with Crippen LogP contribution in [0.25, 0.3) is 0 Å². The molecule has 0 aromatic carbocycles. The van der Waals surface area contributed by atoms with Crippen molar-refractivity contribution < 1.29 is 32.3 Å². The second-order valence-electron chi connectivity index (χ2n) is 4.70. The van der Waals surface area contributed by atoms with Crippen LogP contribution in [0.15, 0.2) is 11.4 Å². The van der Waals surface area contributed by atoms with Crippen LogP contribution < -0.4 is 10.6 Å². The summed E-state index contributed by atoms with van der Waals surface area (Å²) in [5.41, 5.74) is -1.36. The van der Waals surface area contributed by atoms with Gasteiger partial charge in [0.1, 0.15) is 9.88 Å². The van der Waals surface area contributed by atoms with Crippen molar-refractivity contribution in [1.82, 2.24) is 10.3 Å². The Balaban J connectivity index is 2.21. The van der Waals surface area contributed by atoms with Gasteiger partial charge in [0.15, 0.2) is 5.69 Å². The number of carbonyl (C=O) groups is 3. The van der Waals surface area contributed by atoms with Crippen LogP contribution in [0.3, 0.4) is 0 Å². The van der Waals surface area contributed by atoms with Crippen molar-refractivity contribution in [3.8, 4) is 0 Å². The highest BCUT2D eigenvalue weighted by molar-refractivity contribution is 7.15. The van der Waals surface area contributed by atoms with Crippen molar-refractivity contribution in [2.75, 3.05) is 11.9 Å².